The number of amides is 2. The number of halogens is 1. The molecule has 0 aromatic rings. The van der Waals surface area contributed by atoms with E-state index in [0.717, 1.165) is 6.42 Å². The molecule has 5 nitrogen and oxygen atoms in total. The van der Waals surface area contributed by atoms with Gasteiger partial charge >= 0.3 is 0 Å². The van der Waals surface area contributed by atoms with E-state index in [-0.39, 0.29) is 35.9 Å². The maximum Gasteiger partial charge on any atom is 0.230 e. The summed E-state index contributed by atoms with van der Waals surface area (Å²) in [7, 11) is 0. The minimum absolute atomic E-state index is 0. The zero-order chi connectivity index (χ0) is 12.6. The number of hydrogen-bond acceptors (Lipinski definition) is 4. The molecule has 0 saturated carbocycles. The Morgan fingerprint density at radius 3 is 2.29 bits per heavy atom. The molecule has 1 unspecified atom stereocenters. The number of nitrogens with two attached hydrogens (primary N) is 2. The summed E-state index contributed by atoms with van der Waals surface area (Å²) in [5.41, 5.74) is 10.5. The predicted octanol–water partition coefficient (Wildman–Crippen LogP) is 0.116. The SMILES string of the molecule is CC(C)CC(CN)NC(=O)CSCC(N)=O.Cl. The van der Waals surface area contributed by atoms with E-state index in [1.807, 2.05) is 0 Å². The molecule has 0 fully saturated rings. The Bertz CT molecular complexity index is 240. The molecule has 102 valence electrons. The van der Waals surface area contributed by atoms with Crippen molar-refractivity contribution in [3.63, 3.8) is 0 Å². The Morgan fingerprint density at radius 1 is 1.29 bits per heavy atom. The van der Waals surface area contributed by atoms with Gasteiger partial charge in [-0.25, -0.2) is 0 Å². The highest BCUT2D eigenvalue weighted by atomic mass is 35.5. The lowest BCUT2D eigenvalue weighted by molar-refractivity contribution is -0.119. The molecular formula is C10H22ClN3O2S. The highest BCUT2D eigenvalue weighted by molar-refractivity contribution is 8.00. The number of rotatable bonds is 8. The third-order valence-corrected chi connectivity index (χ3v) is 2.84. The summed E-state index contributed by atoms with van der Waals surface area (Å²) in [5.74, 6) is 0.410. The van der Waals surface area contributed by atoms with Crippen molar-refractivity contribution in [1.82, 2.24) is 5.32 Å². The van der Waals surface area contributed by atoms with Crippen LogP contribution in [0.1, 0.15) is 20.3 Å². The van der Waals surface area contributed by atoms with Crippen molar-refractivity contribution >= 4 is 36.0 Å². The van der Waals surface area contributed by atoms with Crippen molar-refractivity contribution in [2.45, 2.75) is 26.3 Å². The fourth-order valence-corrected chi connectivity index (χ4v) is 1.87. The van der Waals surface area contributed by atoms with Gasteiger partial charge in [-0.3, -0.25) is 9.59 Å². The molecule has 0 bridgehead atoms. The van der Waals surface area contributed by atoms with Crippen molar-refractivity contribution in [1.29, 1.82) is 0 Å². The van der Waals surface area contributed by atoms with Crippen molar-refractivity contribution in [2.24, 2.45) is 17.4 Å². The van der Waals surface area contributed by atoms with E-state index in [2.05, 4.69) is 19.2 Å². The summed E-state index contributed by atoms with van der Waals surface area (Å²) in [6.45, 7) is 4.59. The lowest BCUT2D eigenvalue weighted by atomic mass is 10.0. The largest absolute Gasteiger partial charge is 0.369 e. The first-order chi connectivity index (χ1) is 7.45. The van der Waals surface area contributed by atoms with E-state index in [1.54, 1.807) is 0 Å². The Morgan fingerprint density at radius 2 is 1.88 bits per heavy atom. The van der Waals surface area contributed by atoms with E-state index >= 15 is 0 Å². The molecule has 7 heteroatoms. The standard InChI is InChI=1S/C10H21N3O2S.ClH/c1-7(2)3-8(4-11)13-10(15)6-16-5-9(12)14;/h7-8H,3-6,11H2,1-2H3,(H2,12,14)(H,13,15);1H. The summed E-state index contributed by atoms with van der Waals surface area (Å²) < 4.78 is 0. The van der Waals surface area contributed by atoms with Gasteiger partial charge in [-0.1, -0.05) is 13.8 Å². The monoisotopic (exact) mass is 283 g/mol. The van der Waals surface area contributed by atoms with Crippen molar-refractivity contribution in [2.75, 3.05) is 18.1 Å². The van der Waals surface area contributed by atoms with Gasteiger partial charge in [0.1, 0.15) is 0 Å². The maximum atomic E-state index is 11.4. The molecule has 0 aliphatic carbocycles. The molecule has 0 heterocycles. The molecule has 0 rings (SSSR count). The Kier molecular flexibility index (Phi) is 11.9. The molecule has 5 N–H and O–H groups in total. The molecule has 0 radical (unpaired) electrons. The van der Waals surface area contributed by atoms with Crippen LogP contribution < -0.4 is 16.8 Å². The molecule has 17 heavy (non-hydrogen) atoms. The number of hydrogen-bond donors (Lipinski definition) is 3. The van der Waals surface area contributed by atoms with Gasteiger partial charge in [0.05, 0.1) is 11.5 Å². The van der Waals surface area contributed by atoms with Gasteiger partial charge in [-0.2, -0.15) is 0 Å². The van der Waals surface area contributed by atoms with Crippen LogP contribution in [0.2, 0.25) is 0 Å². The molecule has 0 aromatic carbocycles. The van der Waals surface area contributed by atoms with E-state index in [1.165, 1.54) is 11.8 Å². The minimum Gasteiger partial charge on any atom is -0.369 e. The number of carbonyl (C=O) groups is 2. The fraction of sp³-hybridized carbons (Fsp3) is 0.800. The number of thioether (sulfide) groups is 1. The third-order valence-electron chi connectivity index (χ3n) is 1.88. The molecular weight excluding hydrogens is 262 g/mol. The van der Waals surface area contributed by atoms with E-state index in [0.29, 0.717) is 12.5 Å². The summed E-state index contributed by atoms with van der Waals surface area (Å²) in [4.78, 5) is 21.9. The molecule has 0 aliphatic rings. The molecule has 0 aromatic heterocycles. The van der Waals surface area contributed by atoms with Crippen LogP contribution in [0.3, 0.4) is 0 Å². The molecule has 2 amide bonds. The highest BCUT2D eigenvalue weighted by Gasteiger charge is 2.12. The van der Waals surface area contributed by atoms with Crippen LogP contribution >= 0.6 is 24.2 Å². The van der Waals surface area contributed by atoms with Gasteiger partial charge in [-0.15, -0.1) is 24.2 Å². The van der Waals surface area contributed by atoms with Gasteiger partial charge in [0.15, 0.2) is 0 Å². The van der Waals surface area contributed by atoms with Crippen LogP contribution in [-0.2, 0) is 9.59 Å². The summed E-state index contributed by atoms with van der Waals surface area (Å²) in [6, 6.07) is 0.0154. The summed E-state index contributed by atoms with van der Waals surface area (Å²) in [5, 5.41) is 2.83. The minimum atomic E-state index is -0.407. The zero-order valence-electron chi connectivity index (χ0n) is 10.3. The van der Waals surface area contributed by atoms with Crippen LogP contribution in [0, 0.1) is 5.92 Å². The first-order valence-electron chi connectivity index (χ1n) is 5.31. The highest BCUT2D eigenvalue weighted by Crippen LogP contribution is 2.04. The van der Waals surface area contributed by atoms with Gasteiger partial charge in [0.2, 0.25) is 11.8 Å². The number of nitrogens with one attached hydrogen (secondary N) is 1. The Hall–Kier alpha value is -0.460. The van der Waals surface area contributed by atoms with Gasteiger partial charge < -0.3 is 16.8 Å². The topological polar surface area (TPSA) is 98.2 Å². The van der Waals surface area contributed by atoms with E-state index in [4.69, 9.17) is 11.5 Å². The van der Waals surface area contributed by atoms with Crippen molar-refractivity contribution < 1.29 is 9.59 Å². The average Bonchev–Trinajstić information content (AvgIpc) is 2.15. The quantitative estimate of drug-likeness (QED) is 0.589. The Labute approximate surface area is 113 Å². The number of primary amides is 1. The van der Waals surface area contributed by atoms with Crippen LogP contribution in [0.5, 0.6) is 0 Å². The molecule has 0 spiro atoms. The first kappa shape index (κ1) is 18.9. The Balaban J connectivity index is 0. The maximum absolute atomic E-state index is 11.4. The smallest absolute Gasteiger partial charge is 0.230 e. The predicted molar refractivity (Wildman–Crippen MR) is 74.2 cm³/mol. The van der Waals surface area contributed by atoms with Gasteiger partial charge in [0, 0.05) is 12.6 Å². The first-order valence-corrected chi connectivity index (χ1v) is 6.46. The van der Waals surface area contributed by atoms with Crippen LogP contribution in [-0.4, -0.2) is 35.9 Å². The van der Waals surface area contributed by atoms with Crippen LogP contribution in [0.15, 0.2) is 0 Å². The second-order valence-electron chi connectivity index (χ2n) is 4.09. The van der Waals surface area contributed by atoms with Crippen LogP contribution in [0.25, 0.3) is 0 Å². The fourth-order valence-electron chi connectivity index (χ4n) is 1.30. The lowest BCUT2D eigenvalue weighted by Gasteiger charge is -2.18. The number of carbonyl (C=O) groups excluding carboxylic acids is 2. The third kappa shape index (κ3) is 11.8. The molecule has 0 aliphatic heterocycles. The second kappa shape index (κ2) is 10.7. The van der Waals surface area contributed by atoms with Crippen molar-refractivity contribution in [3.05, 3.63) is 0 Å². The molecule has 0 saturated heterocycles. The molecule has 1 atom stereocenters. The van der Waals surface area contributed by atoms with Gasteiger partial charge in [-0.05, 0) is 12.3 Å². The summed E-state index contributed by atoms with van der Waals surface area (Å²) >= 11 is 1.21. The lowest BCUT2D eigenvalue weighted by Crippen LogP contribution is -2.42. The normalized spacial score (nSPS) is 11.8. The van der Waals surface area contributed by atoms with E-state index < -0.39 is 5.91 Å². The summed E-state index contributed by atoms with van der Waals surface area (Å²) in [6.07, 6.45) is 0.864. The van der Waals surface area contributed by atoms with E-state index in [9.17, 15) is 9.59 Å². The average molecular weight is 284 g/mol. The van der Waals surface area contributed by atoms with Gasteiger partial charge in [0.25, 0.3) is 0 Å². The second-order valence-corrected chi connectivity index (χ2v) is 5.07. The van der Waals surface area contributed by atoms with Crippen LogP contribution in [0.4, 0.5) is 0 Å². The van der Waals surface area contributed by atoms with Crippen molar-refractivity contribution in [3.8, 4) is 0 Å². The zero-order valence-corrected chi connectivity index (χ0v) is 11.9.